The molecule has 1 amide bonds. The number of hydrogen-bond acceptors (Lipinski definition) is 6. The van der Waals surface area contributed by atoms with Crippen LogP contribution in [0.1, 0.15) is 38.2 Å². The molecule has 0 radical (unpaired) electrons. The number of nitrogens with zero attached hydrogens (tertiary/aromatic N) is 1. The fraction of sp³-hybridized carbons (Fsp3) is 0.571. The van der Waals surface area contributed by atoms with E-state index < -0.39 is 12.2 Å². The van der Waals surface area contributed by atoms with Gasteiger partial charge in [0, 0.05) is 31.6 Å². The van der Waals surface area contributed by atoms with Crippen LogP contribution in [0.15, 0.2) is 24.3 Å². The number of halogens is 2. The van der Waals surface area contributed by atoms with Crippen LogP contribution in [-0.2, 0) is 14.4 Å². The lowest BCUT2D eigenvalue weighted by Crippen LogP contribution is -2.38. The van der Waals surface area contributed by atoms with Gasteiger partial charge in [0.25, 0.3) is 0 Å². The van der Waals surface area contributed by atoms with Gasteiger partial charge >= 0.3 is 6.61 Å². The molecule has 0 bridgehead atoms. The Morgan fingerprint density at radius 3 is 3.00 bits per heavy atom. The number of carbonyl (C=O) groups excluding carboxylic acids is 1. The number of nitrogens with one attached hydrogen (secondary N) is 1. The van der Waals surface area contributed by atoms with Gasteiger partial charge in [-0.15, -0.1) is 0 Å². The molecule has 3 aliphatic heterocycles. The molecule has 1 unspecified atom stereocenters. The van der Waals surface area contributed by atoms with Gasteiger partial charge in [-0.1, -0.05) is 6.92 Å². The number of amides is 1. The number of rotatable bonds is 7. The third-order valence-electron chi connectivity index (χ3n) is 5.69. The quantitative estimate of drug-likeness (QED) is 0.726. The van der Waals surface area contributed by atoms with E-state index in [0.29, 0.717) is 26.2 Å². The summed E-state index contributed by atoms with van der Waals surface area (Å²) in [4.78, 5) is 19.6. The smallest absolute Gasteiger partial charge is 0.387 e. The first-order valence-corrected chi connectivity index (χ1v) is 10.3. The van der Waals surface area contributed by atoms with Gasteiger partial charge in [-0.2, -0.15) is 8.78 Å². The molecule has 30 heavy (non-hydrogen) atoms. The zero-order chi connectivity index (χ0) is 21.1. The molecule has 1 aromatic carbocycles. The maximum atomic E-state index is 12.9. The van der Waals surface area contributed by atoms with E-state index in [2.05, 4.69) is 10.2 Å². The zero-order valence-corrected chi connectivity index (χ0v) is 16.9. The summed E-state index contributed by atoms with van der Waals surface area (Å²) in [6.07, 6.45) is 4.84. The largest absolute Gasteiger partial charge is 0.488 e. The molecule has 2 saturated heterocycles. The van der Waals surface area contributed by atoms with Crippen molar-refractivity contribution in [1.29, 1.82) is 0 Å². The van der Waals surface area contributed by atoms with E-state index in [9.17, 15) is 13.6 Å². The van der Waals surface area contributed by atoms with Crippen molar-refractivity contribution < 1.29 is 32.6 Å². The van der Waals surface area contributed by atoms with E-state index >= 15 is 0 Å². The van der Waals surface area contributed by atoms with Crippen LogP contribution >= 0.6 is 0 Å². The second kappa shape index (κ2) is 8.77. The average Bonchev–Trinajstić information content (AvgIpc) is 3.48. The number of hydrogen-bond donors (Lipinski definition) is 1. The normalized spacial score (nSPS) is 25.7. The monoisotopic (exact) mass is 424 g/mol. The number of likely N-dealkylation sites (tertiary alicyclic amines) is 1. The number of ether oxygens (including phenoxy) is 3. The van der Waals surface area contributed by atoms with Crippen LogP contribution in [0.5, 0.6) is 11.5 Å². The highest BCUT2D eigenvalue weighted by molar-refractivity contribution is 5.76. The molecule has 9 heteroatoms. The van der Waals surface area contributed by atoms with Gasteiger partial charge in [0.1, 0.15) is 12.2 Å². The minimum Gasteiger partial charge on any atom is -0.488 e. The molecule has 3 aliphatic rings. The Morgan fingerprint density at radius 2 is 2.27 bits per heavy atom. The molecule has 3 heterocycles. The summed E-state index contributed by atoms with van der Waals surface area (Å²) in [6, 6.07) is 4.70. The molecule has 0 aromatic heterocycles. The van der Waals surface area contributed by atoms with Crippen molar-refractivity contribution in [2.24, 2.45) is 0 Å². The lowest BCUT2D eigenvalue weighted by Gasteiger charge is -2.25. The molecule has 0 saturated carbocycles. The topological polar surface area (TPSA) is 69.3 Å². The van der Waals surface area contributed by atoms with E-state index in [1.807, 2.05) is 13.0 Å². The van der Waals surface area contributed by atoms with Crippen LogP contribution in [0.3, 0.4) is 0 Å². The van der Waals surface area contributed by atoms with Crippen molar-refractivity contribution in [3.05, 3.63) is 29.8 Å². The van der Waals surface area contributed by atoms with Gasteiger partial charge in [-0.25, -0.2) is 0 Å². The van der Waals surface area contributed by atoms with Crippen molar-refractivity contribution in [3.8, 4) is 11.5 Å². The van der Waals surface area contributed by atoms with Crippen LogP contribution in [0.25, 0.3) is 5.70 Å². The van der Waals surface area contributed by atoms with Crippen molar-refractivity contribution in [1.82, 2.24) is 10.4 Å². The second-order valence-electron chi connectivity index (χ2n) is 7.72. The molecular weight excluding hydrogens is 398 g/mol. The minimum atomic E-state index is -2.96. The van der Waals surface area contributed by atoms with Crippen LogP contribution in [0.4, 0.5) is 8.78 Å². The molecule has 1 aromatic rings. The third kappa shape index (κ3) is 4.37. The Kier molecular flexibility index (Phi) is 6.10. The highest BCUT2D eigenvalue weighted by Gasteiger charge is 2.39. The van der Waals surface area contributed by atoms with E-state index in [1.54, 1.807) is 17.0 Å². The third-order valence-corrected chi connectivity index (χ3v) is 5.69. The highest BCUT2D eigenvalue weighted by Crippen LogP contribution is 2.37. The molecule has 1 N–H and O–H groups in total. The van der Waals surface area contributed by atoms with Crippen molar-refractivity contribution >= 4 is 11.6 Å². The highest BCUT2D eigenvalue weighted by atomic mass is 19.3. The van der Waals surface area contributed by atoms with Gasteiger partial charge in [0.05, 0.1) is 18.3 Å². The first-order valence-electron chi connectivity index (χ1n) is 10.3. The molecule has 2 atom stereocenters. The minimum absolute atomic E-state index is 0.0430. The summed E-state index contributed by atoms with van der Waals surface area (Å²) < 4.78 is 41.7. The fourth-order valence-corrected chi connectivity index (χ4v) is 4.09. The molecular formula is C21H26F2N2O5. The van der Waals surface area contributed by atoms with Crippen LogP contribution in [0, 0.1) is 0 Å². The Bertz CT molecular complexity index is 811. The first-order chi connectivity index (χ1) is 14.5. The molecule has 4 rings (SSSR count). The Balaban J connectivity index is 1.53. The molecule has 164 valence electrons. The van der Waals surface area contributed by atoms with Crippen LogP contribution in [0.2, 0.25) is 0 Å². The summed E-state index contributed by atoms with van der Waals surface area (Å²) in [7, 11) is 0. The van der Waals surface area contributed by atoms with E-state index in [1.165, 1.54) is 6.07 Å². The zero-order valence-electron chi connectivity index (χ0n) is 16.9. The summed E-state index contributed by atoms with van der Waals surface area (Å²) >= 11 is 0. The van der Waals surface area contributed by atoms with Gasteiger partial charge in [0.2, 0.25) is 5.91 Å². The molecule has 2 fully saturated rings. The Hall–Kier alpha value is -2.39. The van der Waals surface area contributed by atoms with E-state index in [4.69, 9.17) is 14.3 Å². The van der Waals surface area contributed by atoms with Gasteiger partial charge in [-0.05, 0) is 37.1 Å². The SMILES string of the molecule is CCC(=O)N1CCC[C@@H]1COc1cc(C2=CC3(CCOC3)ON2)ccc1OC(F)F. The van der Waals surface area contributed by atoms with Crippen molar-refractivity contribution in [3.63, 3.8) is 0 Å². The van der Waals surface area contributed by atoms with Gasteiger partial charge in [0.15, 0.2) is 11.5 Å². The van der Waals surface area contributed by atoms with Gasteiger partial charge < -0.3 is 19.1 Å². The number of carbonyl (C=O) groups is 1. The number of alkyl halides is 2. The van der Waals surface area contributed by atoms with Crippen LogP contribution < -0.4 is 15.0 Å². The molecule has 1 spiro atoms. The van der Waals surface area contributed by atoms with Gasteiger partial charge in [-0.3, -0.25) is 15.1 Å². The lowest BCUT2D eigenvalue weighted by atomic mass is 10.0. The molecule has 0 aliphatic carbocycles. The average molecular weight is 424 g/mol. The fourth-order valence-electron chi connectivity index (χ4n) is 4.09. The number of hydroxylamine groups is 1. The Morgan fingerprint density at radius 1 is 1.40 bits per heavy atom. The summed E-state index contributed by atoms with van der Waals surface area (Å²) in [5, 5.41) is 0. The maximum absolute atomic E-state index is 12.9. The van der Waals surface area contributed by atoms with Crippen molar-refractivity contribution in [2.45, 2.75) is 50.9 Å². The number of benzene rings is 1. The predicted octanol–water partition coefficient (Wildman–Crippen LogP) is 3.10. The van der Waals surface area contributed by atoms with E-state index in [0.717, 1.165) is 30.5 Å². The summed E-state index contributed by atoms with van der Waals surface area (Å²) in [5.41, 5.74) is 3.85. The van der Waals surface area contributed by atoms with E-state index in [-0.39, 0.29) is 30.1 Å². The van der Waals surface area contributed by atoms with Crippen molar-refractivity contribution in [2.75, 3.05) is 26.4 Å². The summed E-state index contributed by atoms with van der Waals surface area (Å²) in [6.45, 7) is 0.851. The predicted molar refractivity (Wildman–Crippen MR) is 104 cm³/mol. The Labute approximate surface area is 173 Å². The first kappa shape index (κ1) is 20.9. The maximum Gasteiger partial charge on any atom is 0.387 e. The summed E-state index contributed by atoms with van der Waals surface area (Å²) in [5.74, 6) is 0.230. The lowest BCUT2D eigenvalue weighted by molar-refractivity contribution is -0.132. The van der Waals surface area contributed by atoms with Crippen LogP contribution in [-0.4, -0.2) is 55.4 Å². The molecule has 7 nitrogen and oxygen atoms in total. The second-order valence-corrected chi connectivity index (χ2v) is 7.72. The standard InChI is InChI=1S/C21H26F2N2O5/c1-2-19(26)25-8-3-4-15(25)12-28-18-10-14(5-6-17(18)29-20(22)23)16-11-21(30-24-16)7-9-27-13-21/h5-6,10-11,15,20,24H,2-4,7-9,12-13H2,1H3/t15-,21?/m1/s1.